The molecule has 42 heavy (non-hydrogen) atoms. The maximum atomic E-state index is 13.4. The molecule has 2 aliphatic rings. The Morgan fingerprint density at radius 3 is 1.33 bits per heavy atom. The summed E-state index contributed by atoms with van der Waals surface area (Å²) in [5, 5.41) is 3.09. The van der Waals surface area contributed by atoms with Crippen molar-refractivity contribution in [3.8, 4) is 5.75 Å². The second-order valence-corrected chi connectivity index (χ2v) is 11.4. The highest BCUT2D eigenvalue weighted by molar-refractivity contribution is 5.97. The summed E-state index contributed by atoms with van der Waals surface area (Å²) in [6.07, 6.45) is 1.47. The average Bonchev–Trinajstić information content (AvgIpc) is 3.98. The van der Waals surface area contributed by atoms with Gasteiger partial charge in [-0.25, -0.2) is 0 Å². The fourth-order valence-electron chi connectivity index (χ4n) is 6.70. The number of ether oxygens (including phenoxy) is 1. The molecule has 7 rings (SSSR count). The minimum Gasteiger partial charge on any atom is -0.426 e. The summed E-state index contributed by atoms with van der Waals surface area (Å²) in [6, 6.07) is 48.0. The monoisotopic (exact) mass is 549 g/mol. The summed E-state index contributed by atoms with van der Waals surface area (Å²) in [5.74, 6) is -0.220. The van der Waals surface area contributed by atoms with E-state index in [-0.39, 0.29) is 34.5 Å². The molecule has 2 unspecified atom stereocenters. The van der Waals surface area contributed by atoms with Gasteiger partial charge in [0.1, 0.15) is 5.75 Å². The topological polar surface area (TPSA) is 55.4 Å². The van der Waals surface area contributed by atoms with Crippen LogP contribution in [0.5, 0.6) is 5.75 Å². The van der Waals surface area contributed by atoms with E-state index in [1.54, 1.807) is 24.3 Å². The molecule has 2 aliphatic carbocycles. The third-order valence-corrected chi connectivity index (χ3v) is 9.02. The molecule has 4 heteroatoms. The Hall–Kier alpha value is -4.96. The minimum atomic E-state index is -0.373. The Morgan fingerprint density at radius 2 is 0.905 bits per heavy atom. The maximum absolute atomic E-state index is 13.4. The lowest BCUT2D eigenvalue weighted by atomic mass is 9.85. The zero-order chi connectivity index (χ0) is 28.6. The smallest absolute Gasteiger partial charge is 0.315 e. The Morgan fingerprint density at radius 1 is 0.524 bits per heavy atom. The number of carbonyl (C=O) groups excluding carboxylic acids is 2. The van der Waals surface area contributed by atoms with Crippen LogP contribution in [0.1, 0.15) is 35.1 Å². The number of amides is 1. The number of hydrogen-bond acceptors (Lipinski definition) is 3. The van der Waals surface area contributed by atoms with Crippen LogP contribution < -0.4 is 10.1 Å². The number of benzene rings is 5. The number of rotatable bonds is 8. The van der Waals surface area contributed by atoms with Gasteiger partial charge in [0.2, 0.25) is 5.91 Å². The third kappa shape index (κ3) is 4.50. The molecule has 1 amide bonds. The molecule has 1 N–H and O–H groups in total. The van der Waals surface area contributed by atoms with E-state index in [2.05, 4.69) is 53.8 Å². The molecule has 0 spiro atoms. The van der Waals surface area contributed by atoms with E-state index in [1.165, 1.54) is 0 Å². The van der Waals surface area contributed by atoms with E-state index in [1.807, 2.05) is 72.8 Å². The highest BCUT2D eigenvalue weighted by atomic mass is 16.5. The Bertz CT molecular complexity index is 1490. The van der Waals surface area contributed by atoms with Crippen molar-refractivity contribution in [1.29, 1.82) is 0 Å². The van der Waals surface area contributed by atoms with E-state index in [0.29, 0.717) is 17.9 Å². The van der Waals surface area contributed by atoms with Gasteiger partial charge in [-0.1, -0.05) is 121 Å². The van der Waals surface area contributed by atoms with Gasteiger partial charge in [0.05, 0.1) is 11.8 Å². The van der Waals surface area contributed by atoms with Crippen molar-refractivity contribution in [3.63, 3.8) is 0 Å². The molecular formula is C38H31NO3. The predicted molar refractivity (Wildman–Crippen MR) is 164 cm³/mol. The van der Waals surface area contributed by atoms with E-state index in [9.17, 15) is 9.59 Å². The first-order chi connectivity index (χ1) is 20.6. The Kier molecular flexibility index (Phi) is 6.47. The third-order valence-electron chi connectivity index (χ3n) is 9.02. The molecule has 0 aliphatic heterocycles. The highest BCUT2D eigenvalue weighted by Gasteiger charge is 2.61. The number of esters is 1. The van der Waals surface area contributed by atoms with Gasteiger partial charge in [-0.3, -0.25) is 9.59 Å². The molecule has 2 fully saturated rings. The Labute approximate surface area is 246 Å². The van der Waals surface area contributed by atoms with Crippen LogP contribution in [0.25, 0.3) is 0 Å². The normalized spacial score (nSPS) is 19.3. The second kappa shape index (κ2) is 10.5. The fraction of sp³-hybridized carbons (Fsp3) is 0.158. The van der Waals surface area contributed by atoms with Crippen LogP contribution in [0.2, 0.25) is 0 Å². The summed E-state index contributed by atoms with van der Waals surface area (Å²) >= 11 is 0. The minimum absolute atomic E-state index is 0.0130. The molecule has 0 saturated heterocycles. The van der Waals surface area contributed by atoms with E-state index in [0.717, 1.165) is 28.7 Å². The summed E-state index contributed by atoms with van der Waals surface area (Å²) in [7, 11) is 0. The number of hydrogen-bond donors (Lipinski definition) is 1. The first-order valence-electron chi connectivity index (χ1n) is 14.5. The van der Waals surface area contributed by atoms with Crippen LogP contribution in [0.4, 0.5) is 5.69 Å². The van der Waals surface area contributed by atoms with E-state index in [4.69, 9.17) is 4.74 Å². The van der Waals surface area contributed by atoms with E-state index < -0.39 is 0 Å². The lowest BCUT2D eigenvalue weighted by molar-refractivity contribution is -0.136. The van der Waals surface area contributed by atoms with Gasteiger partial charge >= 0.3 is 5.97 Å². The predicted octanol–water partition coefficient (Wildman–Crippen LogP) is 7.54. The molecule has 2 saturated carbocycles. The number of nitrogens with one attached hydrogen (secondary N) is 1. The average molecular weight is 550 g/mol. The van der Waals surface area contributed by atoms with Crippen molar-refractivity contribution in [3.05, 3.63) is 168 Å². The molecule has 0 bridgehead atoms. The quantitative estimate of drug-likeness (QED) is 0.161. The molecule has 4 nitrogen and oxygen atoms in total. The van der Waals surface area contributed by atoms with Gasteiger partial charge in [-0.15, -0.1) is 0 Å². The van der Waals surface area contributed by atoms with Crippen LogP contribution in [0.3, 0.4) is 0 Å². The molecule has 0 heterocycles. The van der Waals surface area contributed by atoms with Crippen LogP contribution in [-0.2, 0) is 20.4 Å². The highest BCUT2D eigenvalue weighted by Crippen LogP contribution is 2.60. The molecular weight excluding hydrogens is 518 g/mol. The molecule has 5 aromatic carbocycles. The molecule has 5 aromatic rings. The fourth-order valence-corrected chi connectivity index (χ4v) is 6.70. The molecule has 0 aromatic heterocycles. The van der Waals surface area contributed by atoms with Crippen LogP contribution >= 0.6 is 0 Å². The van der Waals surface area contributed by atoms with Crippen molar-refractivity contribution in [2.24, 2.45) is 11.8 Å². The van der Waals surface area contributed by atoms with Gasteiger partial charge in [-0.2, -0.15) is 0 Å². The molecule has 2 atom stereocenters. The summed E-state index contributed by atoms with van der Waals surface area (Å²) in [4.78, 5) is 26.8. The van der Waals surface area contributed by atoms with Crippen molar-refractivity contribution in [2.45, 2.75) is 23.7 Å². The first kappa shape index (κ1) is 26.0. The first-order valence-corrected chi connectivity index (χ1v) is 14.5. The van der Waals surface area contributed by atoms with Gasteiger partial charge in [0.15, 0.2) is 0 Å². The van der Waals surface area contributed by atoms with Crippen molar-refractivity contribution in [2.75, 3.05) is 5.32 Å². The van der Waals surface area contributed by atoms with Crippen LogP contribution in [0.15, 0.2) is 146 Å². The van der Waals surface area contributed by atoms with Crippen LogP contribution in [0, 0.1) is 11.8 Å². The standard InChI is InChI=1S/C38H31NO3/c40-35(33-25-37(33,27-13-5-1-6-14-27)28-15-7-2-8-16-28)39-31-21-23-32(24-22-31)42-36(41)34-26-38(34,29-17-9-3-10-18-29)30-19-11-4-12-20-30/h1-24,33-34H,25-26H2,(H,39,40). The lowest BCUT2D eigenvalue weighted by Gasteiger charge is -2.19. The summed E-state index contributed by atoms with van der Waals surface area (Å²) in [5.41, 5.74) is 4.53. The zero-order valence-corrected chi connectivity index (χ0v) is 23.2. The Balaban J connectivity index is 1.04. The van der Waals surface area contributed by atoms with Gasteiger partial charge in [0.25, 0.3) is 0 Å². The maximum Gasteiger partial charge on any atom is 0.315 e. The van der Waals surface area contributed by atoms with E-state index >= 15 is 0 Å². The van der Waals surface area contributed by atoms with Crippen molar-refractivity contribution < 1.29 is 14.3 Å². The summed E-state index contributed by atoms with van der Waals surface area (Å²) < 4.78 is 5.85. The van der Waals surface area contributed by atoms with Crippen LogP contribution in [-0.4, -0.2) is 11.9 Å². The van der Waals surface area contributed by atoms with Crippen molar-refractivity contribution in [1.82, 2.24) is 0 Å². The summed E-state index contributed by atoms with van der Waals surface area (Å²) in [6.45, 7) is 0. The second-order valence-electron chi connectivity index (χ2n) is 11.4. The number of carbonyl (C=O) groups is 2. The van der Waals surface area contributed by atoms with Gasteiger partial charge < -0.3 is 10.1 Å². The van der Waals surface area contributed by atoms with Crippen molar-refractivity contribution >= 4 is 17.6 Å². The van der Waals surface area contributed by atoms with Gasteiger partial charge in [-0.05, 0) is 59.4 Å². The van der Waals surface area contributed by atoms with Gasteiger partial charge in [0, 0.05) is 16.5 Å². The largest absolute Gasteiger partial charge is 0.426 e. The SMILES string of the molecule is O=C(Nc1ccc(OC(=O)C2CC2(c2ccccc2)c2ccccc2)cc1)C1CC1(c1ccccc1)c1ccccc1. The molecule has 206 valence electrons. The lowest BCUT2D eigenvalue weighted by Crippen LogP contribution is -2.22. The number of anilines is 1. The molecule has 0 radical (unpaired) electrons. The zero-order valence-electron chi connectivity index (χ0n) is 23.2.